The maximum absolute atomic E-state index is 6.40. The van der Waals surface area contributed by atoms with Crippen molar-refractivity contribution in [2.45, 2.75) is 38.1 Å². The number of rotatable bonds is 3. The monoisotopic (exact) mass is 330 g/mol. The summed E-state index contributed by atoms with van der Waals surface area (Å²) >= 11 is 1.53. The Labute approximate surface area is 137 Å². The van der Waals surface area contributed by atoms with Gasteiger partial charge in [-0.2, -0.15) is 10.1 Å². The fourth-order valence-corrected chi connectivity index (χ4v) is 3.96. The van der Waals surface area contributed by atoms with Crippen molar-refractivity contribution in [1.29, 1.82) is 0 Å². The van der Waals surface area contributed by atoms with E-state index >= 15 is 0 Å². The third-order valence-corrected chi connectivity index (χ3v) is 5.50. The molecule has 0 spiro atoms. The average Bonchev–Trinajstić information content (AvgIpc) is 3.25. The van der Waals surface area contributed by atoms with E-state index in [1.807, 2.05) is 20.2 Å². The first-order valence-electron chi connectivity index (χ1n) is 7.65. The van der Waals surface area contributed by atoms with E-state index in [1.54, 1.807) is 10.9 Å². The van der Waals surface area contributed by atoms with Crippen molar-refractivity contribution >= 4 is 11.3 Å². The Morgan fingerprint density at radius 1 is 1.30 bits per heavy atom. The fraction of sp³-hybridized carbons (Fsp3) is 0.467. The van der Waals surface area contributed by atoms with E-state index in [0.29, 0.717) is 11.7 Å². The van der Waals surface area contributed by atoms with Gasteiger partial charge in [-0.05, 0) is 19.8 Å². The maximum atomic E-state index is 6.40. The number of aryl methyl sites for hydroxylation is 2. The summed E-state index contributed by atoms with van der Waals surface area (Å²) in [4.78, 5) is 10.0. The highest BCUT2D eigenvalue weighted by Crippen LogP contribution is 2.38. The Morgan fingerprint density at radius 3 is 2.78 bits per heavy atom. The molecule has 0 radical (unpaired) electrons. The normalized spacial score (nSPS) is 17.0. The van der Waals surface area contributed by atoms with Crippen molar-refractivity contribution in [3.63, 3.8) is 0 Å². The van der Waals surface area contributed by atoms with Gasteiger partial charge in [-0.15, -0.1) is 11.3 Å². The predicted octanol–water partition coefficient (Wildman–Crippen LogP) is 2.63. The lowest BCUT2D eigenvalue weighted by atomic mass is 9.99. The van der Waals surface area contributed by atoms with Crippen LogP contribution < -0.4 is 5.73 Å². The third kappa shape index (κ3) is 2.47. The first kappa shape index (κ1) is 14.5. The molecule has 7 nitrogen and oxygen atoms in total. The second kappa shape index (κ2) is 5.24. The molecule has 8 heteroatoms. The Morgan fingerprint density at radius 2 is 2.09 bits per heavy atom. The molecular formula is C15H18N6OS. The number of hydrogen-bond acceptors (Lipinski definition) is 7. The van der Waals surface area contributed by atoms with Gasteiger partial charge in [-0.3, -0.25) is 4.68 Å². The standard InChI is InChI=1S/C15H18N6OS/c1-9-11(23-13(18-9)10-7-17-21(2)8-10)12-19-14(20-22-12)15(16)5-3-4-6-15/h7-8H,3-6,16H2,1-2H3. The van der Waals surface area contributed by atoms with Gasteiger partial charge >= 0.3 is 0 Å². The lowest BCUT2D eigenvalue weighted by Gasteiger charge is -2.17. The van der Waals surface area contributed by atoms with E-state index in [9.17, 15) is 0 Å². The summed E-state index contributed by atoms with van der Waals surface area (Å²) in [7, 11) is 1.89. The van der Waals surface area contributed by atoms with Gasteiger partial charge in [0.25, 0.3) is 5.89 Å². The average molecular weight is 330 g/mol. The summed E-state index contributed by atoms with van der Waals surface area (Å²) in [6.07, 6.45) is 7.79. The lowest BCUT2D eigenvalue weighted by Crippen LogP contribution is -2.34. The Hall–Kier alpha value is -2.06. The minimum absolute atomic E-state index is 0.438. The minimum Gasteiger partial charge on any atom is -0.333 e. The summed E-state index contributed by atoms with van der Waals surface area (Å²) < 4.78 is 7.23. The molecule has 4 rings (SSSR count). The smallest absolute Gasteiger partial charge is 0.270 e. The summed E-state index contributed by atoms with van der Waals surface area (Å²) in [5.41, 5.74) is 7.82. The van der Waals surface area contributed by atoms with Crippen LogP contribution >= 0.6 is 11.3 Å². The molecule has 3 aromatic rings. The zero-order valence-electron chi connectivity index (χ0n) is 13.1. The molecule has 0 aromatic carbocycles. The highest BCUT2D eigenvalue weighted by atomic mass is 32.1. The third-order valence-electron chi connectivity index (χ3n) is 4.31. The molecule has 1 fully saturated rings. The van der Waals surface area contributed by atoms with Crippen LogP contribution in [0.2, 0.25) is 0 Å². The molecule has 1 aliphatic rings. The second-order valence-corrected chi connectivity index (χ2v) is 7.12. The zero-order chi connectivity index (χ0) is 16.0. The van der Waals surface area contributed by atoms with Crippen molar-refractivity contribution in [3.05, 3.63) is 23.9 Å². The van der Waals surface area contributed by atoms with E-state index in [1.165, 1.54) is 11.3 Å². The Bertz CT molecular complexity index is 842. The van der Waals surface area contributed by atoms with Crippen LogP contribution in [0.15, 0.2) is 16.9 Å². The van der Waals surface area contributed by atoms with Crippen LogP contribution in [0.4, 0.5) is 0 Å². The molecule has 1 aliphatic carbocycles. The van der Waals surface area contributed by atoms with E-state index in [4.69, 9.17) is 10.3 Å². The van der Waals surface area contributed by atoms with Crippen LogP contribution in [-0.4, -0.2) is 24.9 Å². The van der Waals surface area contributed by atoms with Gasteiger partial charge < -0.3 is 10.3 Å². The van der Waals surface area contributed by atoms with Gasteiger partial charge in [-0.1, -0.05) is 18.0 Å². The summed E-state index contributed by atoms with van der Waals surface area (Å²) in [6, 6.07) is 0. The molecule has 0 atom stereocenters. The second-order valence-electron chi connectivity index (χ2n) is 6.12. The summed E-state index contributed by atoms with van der Waals surface area (Å²) in [6.45, 7) is 1.95. The highest BCUT2D eigenvalue weighted by molar-refractivity contribution is 7.18. The number of nitrogens with zero attached hydrogens (tertiary/aromatic N) is 5. The molecule has 3 heterocycles. The Balaban J connectivity index is 1.69. The van der Waals surface area contributed by atoms with E-state index in [-0.39, 0.29) is 0 Å². The van der Waals surface area contributed by atoms with Crippen molar-refractivity contribution in [2.75, 3.05) is 0 Å². The number of nitrogens with two attached hydrogens (primary N) is 1. The molecule has 0 saturated heterocycles. The van der Waals surface area contributed by atoms with Gasteiger partial charge in [0, 0.05) is 18.8 Å². The molecule has 23 heavy (non-hydrogen) atoms. The van der Waals surface area contributed by atoms with Crippen molar-refractivity contribution in [3.8, 4) is 21.3 Å². The lowest BCUT2D eigenvalue weighted by molar-refractivity contribution is 0.373. The molecule has 3 aromatic heterocycles. The Kier molecular flexibility index (Phi) is 3.31. The van der Waals surface area contributed by atoms with Gasteiger partial charge in [0.2, 0.25) is 0 Å². The number of aromatic nitrogens is 5. The van der Waals surface area contributed by atoms with E-state index < -0.39 is 5.54 Å². The topological polar surface area (TPSA) is 95.7 Å². The maximum Gasteiger partial charge on any atom is 0.270 e. The predicted molar refractivity (Wildman–Crippen MR) is 86.7 cm³/mol. The van der Waals surface area contributed by atoms with Gasteiger partial charge in [0.1, 0.15) is 9.88 Å². The fourth-order valence-electron chi connectivity index (χ4n) is 3.00. The van der Waals surface area contributed by atoms with Crippen molar-refractivity contribution in [1.82, 2.24) is 24.9 Å². The molecule has 0 amide bonds. The summed E-state index contributed by atoms with van der Waals surface area (Å²) in [5.74, 6) is 1.11. The molecule has 0 unspecified atom stereocenters. The first-order valence-corrected chi connectivity index (χ1v) is 8.47. The first-order chi connectivity index (χ1) is 11.0. The summed E-state index contributed by atoms with van der Waals surface area (Å²) in [5, 5.41) is 9.21. The van der Waals surface area contributed by atoms with Crippen molar-refractivity contribution < 1.29 is 4.52 Å². The quantitative estimate of drug-likeness (QED) is 0.793. The SMILES string of the molecule is Cc1nc(-c2cnn(C)c2)sc1-c1nc(C2(N)CCCC2)no1. The van der Waals surface area contributed by atoms with Crippen LogP contribution in [0.25, 0.3) is 21.3 Å². The van der Waals surface area contributed by atoms with Gasteiger partial charge in [0.15, 0.2) is 5.82 Å². The van der Waals surface area contributed by atoms with Crippen LogP contribution in [-0.2, 0) is 12.6 Å². The van der Waals surface area contributed by atoms with Crippen LogP contribution in [0.3, 0.4) is 0 Å². The van der Waals surface area contributed by atoms with Gasteiger partial charge in [0.05, 0.1) is 17.4 Å². The zero-order valence-corrected chi connectivity index (χ0v) is 13.9. The molecule has 2 N–H and O–H groups in total. The molecule has 0 bridgehead atoms. The van der Waals surface area contributed by atoms with Gasteiger partial charge in [-0.25, -0.2) is 4.98 Å². The van der Waals surface area contributed by atoms with Crippen LogP contribution in [0, 0.1) is 6.92 Å². The molecule has 0 aliphatic heterocycles. The van der Waals surface area contributed by atoms with Crippen LogP contribution in [0.1, 0.15) is 37.2 Å². The largest absolute Gasteiger partial charge is 0.333 e. The van der Waals surface area contributed by atoms with Crippen molar-refractivity contribution in [2.24, 2.45) is 12.8 Å². The number of thiazole rings is 1. The minimum atomic E-state index is -0.438. The molecule has 120 valence electrons. The van der Waals surface area contributed by atoms with Crippen LogP contribution in [0.5, 0.6) is 0 Å². The molecular weight excluding hydrogens is 312 g/mol. The van der Waals surface area contributed by atoms with E-state index in [2.05, 4.69) is 20.2 Å². The van der Waals surface area contributed by atoms with E-state index in [0.717, 1.165) is 46.8 Å². The molecule has 1 saturated carbocycles. The highest BCUT2D eigenvalue weighted by Gasteiger charge is 2.36. The number of hydrogen-bond donors (Lipinski definition) is 1.